The minimum atomic E-state index is 0.350. The maximum absolute atomic E-state index is 8.68. The molecule has 0 saturated carbocycles. The highest BCUT2D eigenvalue weighted by molar-refractivity contribution is 7.13. The van der Waals surface area contributed by atoms with Gasteiger partial charge in [0.25, 0.3) is 0 Å². The highest BCUT2D eigenvalue weighted by atomic mass is 32.1. The van der Waals surface area contributed by atoms with E-state index < -0.39 is 0 Å². The van der Waals surface area contributed by atoms with Gasteiger partial charge in [-0.25, -0.2) is 9.97 Å². The van der Waals surface area contributed by atoms with Crippen molar-refractivity contribution in [1.29, 1.82) is 5.26 Å². The van der Waals surface area contributed by atoms with Gasteiger partial charge in [0.15, 0.2) is 0 Å². The van der Waals surface area contributed by atoms with Crippen molar-refractivity contribution in [2.75, 3.05) is 0 Å². The molecule has 92 valence electrons. The first-order valence-electron chi connectivity index (χ1n) is 5.96. The van der Waals surface area contributed by atoms with Crippen LogP contribution in [-0.2, 0) is 6.42 Å². The summed E-state index contributed by atoms with van der Waals surface area (Å²) in [6.07, 6.45) is 0.350. The molecule has 4 heteroatoms. The van der Waals surface area contributed by atoms with Crippen molar-refractivity contribution in [3.05, 3.63) is 47.0 Å². The molecule has 0 aliphatic heterocycles. The highest BCUT2D eigenvalue weighted by Gasteiger charge is 2.08. The van der Waals surface area contributed by atoms with E-state index in [0.717, 1.165) is 21.9 Å². The van der Waals surface area contributed by atoms with Crippen LogP contribution in [0.4, 0.5) is 0 Å². The number of aromatic nitrogens is 2. The van der Waals surface area contributed by atoms with Gasteiger partial charge in [0, 0.05) is 10.8 Å². The summed E-state index contributed by atoms with van der Waals surface area (Å²) in [5.74, 6) is 0. The smallest absolute Gasteiger partial charge is 0.142 e. The van der Waals surface area contributed by atoms with E-state index in [1.54, 1.807) is 0 Å². The zero-order chi connectivity index (χ0) is 13.2. The molecule has 0 N–H and O–H groups in total. The molecule has 0 amide bonds. The fourth-order valence-corrected chi connectivity index (χ4v) is 2.82. The van der Waals surface area contributed by atoms with E-state index in [0.29, 0.717) is 6.42 Å². The lowest BCUT2D eigenvalue weighted by Crippen LogP contribution is -1.89. The van der Waals surface area contributed by atoms with Crippen molar-refractivity contribution in [2.24, 2.45) is 0 Å². The summed E-state index contributed by atoms with van der Waals surface area (Å²) >= 11 is 1.54. The lowest BCUT2D eigenvalue weighted by Gasteiger charge is -2.04. The Balaban J connectivity index is 2.12. The molecule has 0 spiro atoms. The molecule has 0 radical (unpaired) electrons. The second kappa shape index (κ2) is 4.79. The van der Waals surface area contributed by atoms with Crippen LogP contribution in [-0.4, -0.2) is 9.97 Å². The fraction of sp³-hybridized carbons (Fsp3) is 0.133. The first kappa shape index (κ1) is 11.8. The maximum Gasteiger partial charge on any atom is 0.142 e. The summed E-state index contributed by atoms with van der Waals surface area (Å²) in [6.45, 7) is 2.08. The Hall–Kier alpha value is -2.25. The molecule has 0 saturated heterocycles. The van der Waals surface area contributed by atoms with Crippen LogP contribution in [0, 0.1) is 18.3 Å². The van der Waals surface area contributed by atoms with Gasteiger partial charge in [-0.3, -0.25) is 0 Å². The number of hydrogen-bond donors (Lipinski definition) is 0. The number of hydrogen-bond acceptors (Lipinski definition) is 4. The molecule has 0 bridgehead atoms. The Morgan fingerprint density at radius 3 is 2.95 bits per heavy atom. The third-order valence-corrected chi connectivity index (χ3v) is 3.87. The number of pyridine rings is 1. The molecule has 0 aliphatic rings. The van der Waals surface area contributed by atoms with Crippen LogP contribution in [0.25, 0.3) is 21.6 Å². The summed E-state index contributed by atoms with van der Waals surface area (Å²) < 4.78 is 0. The first-order valence-corrected chi connectivity index (χ1v) is 6.84. The average molecular weight is 265 g/mol. The number of benzene rings is 1. The van der Waals surface area contributed by atoms with Crippen LogP contribution in [0.5, 0.6) is 0 Å². The fourth-order valence-electron chi connectivity index (χ4n) is 2.05. The summed E-state index contributed by atoms with van der Waals surface area (Å²) in [7, 11) is 0. The minimum Gasteiger partial charge on any atom is -0.245 e. The second-order valence-corrected chi connectivity index (χ2v) is 5.18. The standard InChI is InChI=1S/C15H11N3S/c1-10-8-14(15-17-11(6-7-16)9-19-15)18-13-5-3-2-4-12(10)13/h2-5,8-9H,6H2,1H3. The van der Waals surface area contributed by atoms with Crippen LogP contribution < -0.4 is 0 Å². The van der Waals surface area contributed by atoms with Crippen LogP contribution in [0.3, 0.4) is 0 Å². The molecule has 2 aromatic heterocycles. The highest BCUT2D eigenvalue weighted by Crippen LogP contribution is 2.26. The van der Waals surface area contributed by atoms with Crippen molar-refractivity contribution in [2.45, 2.75) is 13.3 Å². The van der Waals surface area contributed by atoms with E-state index in [2.05, 4.69) is 35.1 Å². The number of nitrogens with zero attached hydrogens (tertiary/aromatic N) is 3. The van der Waals surface area contributed by atoms with Gasteiger partial charge in [-0.05, 0) is 24.6 Å². The summed E-state index contributed by atoms with van der Waals surface area (Å²) in [4.78, 5) is 9.10. The number of rotatable bonds is 2. The van der Waals surface area contributed by atoms with Crippen LogP contribution in [0.15, 0.2) is 35.7 Å². The third-order valence-electron chi connectivity index (χ3n) is 2.95. The quantitative estimate of drug-likeness (QED) is 0.709. The molecule has 19 heavy (non-hydrogen) atoms. The molecule has 0 fully saturated rings. The van der Waals surface area contributed by atoms with Gasteiger partial charge >= 0.3 is 0 Å². The van der Waals surface area contributed by atoms with Gasteiger partial charge < -0.3 is 0 Å². The lowest BCUT2D eigenvalue weighted by atomic mass is 10.1. The lowest BCUT2D eigenvalue weighted by molar-refractivity contribution is 1.15. The van der Waals surface area contributed by atoms with Gasteiger partial charge in [-0.15, -0.1) is 11.3 Å². The Kier molecular flexibility index (Phi) is 2.98. The van der Waals surface area contributed by atoms with E-state index in [4.69, 9.17) is 5.26 Å². The molecule has 2 heterocycles. The van der Waals surface area contributed by atoms with E-state index in [-0.39, 0.29) is 0 Å². The van der Waals surface area contributed by atoms with Crippen LogP contribution in [0.1, 0.15) is 11.3 Å². The molecular formula is C15H11N3S. The zero-order valence-corrected chi connectivity index (χ0v) is 11.2. The summed E-state index contributed by atoms with van der Waals surface area (Å²) in [5, 5.41) is 12.6. The van der Waals surface area contributed by atoms with E-state index >= 15 is 0 Å². The first-order chi connectivity index (χ1) is 9.28. The average Bonchev–Trinajstić information content (AvgIpc) is 2.88. The van der Waals surface area contributed by atoms with E-state index in [1.165, 1.54) is 22.3 Å². The van der Waals surface area contributed by atoms with Crippen LogP contribution in [0.2, 0.25) is 0 Å². The molecule has 0 atom stereocenters. The Morgan fingerprint density at radius 2 is 2.11 bits per heavy atom. The number of aryl methyl sites for hydroxylation is 1. The van der Waals surface area contributed by atoms with Gasteiger partial charge in [0.1, 0.15) is 5.01 Å². The molecular weight excluding hydrogens is 254 g/mol. The largest absolute Gasteiger partial charge is 0.245 e. The monoisotopic (exact) mass is 265 g/mol. The topological polar surface area (TPSA) is 49.6 Å². The predicted molar refractivity (Wildman–Crippen MR) is 76.9 cm³/mol. The van der Waals surface area contributed by atoms with Gasteiger partial charge in [0.2, 0.25) is 0 Å². The van der Waals surface area contributed by atoms with Crippen molar-refractivity contribution in [1.82, 2.24) is 9.97 Å². The molecule has 0 unspecified atom stereocenters. The predicted octanol–water partition coefficient (Wildman–Crippen LogP) is 3.73. The van der Waals surface area contributed by atoms with Crippen molar-refractivity contribution >= 4 is 22.2 Å². The van der Waals surface area contributed by atoms with E-state index in [9.17, 15) is 0 Å². The van der Waals surface area contributed by atoms with Crippen molar-refractivity contribution < 1.29 is 0 Å². The maximum atomic E-state index is 8.68. The molecule has 3 nitrogen and oxygen atoms in total. The van der Waals surface area contributed by atoms with Crippen molar-refractivity contribution in [3.8, 4) is 16.8 Å². The number of thiazole rings is 1. The summed E-state index contributed by atoms with van der Waals surface area (Å²) in [6, 6.07) is 12.3. The Morgan fingerprint density at radius 1 is 1.26 bits per heavy atom. The zero-order valence-electron chi connectivity index (χ0n) is 10.4. The Labute approximate surface area is 115 Å². The Bertz CT molecular complexity index is 783. The van der Waals surface area contributed by atoms with Crippen LogP contribution >= 0.6 is 11.3 Å². The number of fused-ring (bicyclic) bond motifs is 1. The number of nitriles is 1. The number of para-hydroxylation sites is 1. The van der Waals surface area contributed by atoms with Gasteiger partial charge in [-0.1, -0.05) is 18.2 Å². The van der Waals surface area contributed by atoms with E-state index in [1.807, 2.05) is 23.6 Å². The minimum absolute atomic E-state index is 0.350. The SMILES string of the molecule is Cc1cc(-c2nc(CC#N)cs2)nc2ccccc12. The summed E-state index contributed by atoms with van der Waals surface area (Å²) in [5.41, 5.74) is 3.87. The molecule has 1 aromatic carbocycles. The normalized spacial score (nSPS) is 10.5. The van der Waals surface area contributed by atoms with Crippen molar-refractivity contribution in [3.63, 3.8) is 0 Å². The molecule has 0 aliphatic carbocycles. The van der Waals surface area contributed by atoms with Gasteiger partial charge in [0.05, 0.1) is 29.4 Å². The molecule has 3 aromatic rings. The molecule has 3 rings (SSSR count). The second-order valence-electron chi connectivity index (χ2n) is 4.32. The van der Waals surface area contributed by atoms with Gasteiger partial charge in [-0.2, -0.15) is 5.26 Å². The third kappa shape index (κ3) is 2.20.